The van der Waals surface area contributed by atoms with Crippen LogP contribution in [-0.2, 0) is 37.9 Å². The first-order valence-corrected chi connectivity index (χ1v) is 13.5. The first-order chi connectivity index (χ1) is 18.7. The predicted octanol–water partition coefficient (Wildman–Crippen LogP) is -2.17. The van der Waals surface area contributed by atoms with Crippen molar-refractivity contribution in [2.75, 3.05) is 72.9 Å². The topological polar surface area (TPSA) is 195 Å². The maximum atomic E-state index is 10.0. The van der Waals surface area contributed by atoms with Crippen LogP contribution in [0.25, 0.3) is 0 Å². The van der Waals surface area contributed by atoms with E-state index >= 15 is 0 Å². The lowest BCUT2D eigenvalue weighted by molar-refractivity contribution is -0.284. The molecule has 2 heterocycles. The highest BCUT2D eigenvalue weighted by Gasteiger charge is 2.43. The zero-order valence-electron chi connectivity index (χ0n) is 23.1. The molecule has 2 aliphatic rings. The van der Waals surface area contributed by atoms with Crippen LogP contribution in [0.2, 0.25) is 0 Å². The Bertz CT molecular complexity index is 626. The summed E-state index contributed by atoms with van der Waals surface area (Å²) in [7, 11) is 0. The van der Waals surface area contributed by atoms with E-state index < -0.39 is 74.3 Å². The molecule has 39 heavy (non-hydrogen) atoms. The normalized spacial score (nSPS) is 36.2. The molecular formula is C25H48O14. The van der Waals surface area contributed by atoms with Gasteiger partial charge in [-0.2, -0.15) is 0 Å². The summed E-state index contributed by atoms with van der Waals surface area (Å²) in [4.78, 5) is 0. The zero-order valence-corrected chi connectivity index (χ0v) is 23.1. The SMILES string of the molecule is CC(COCCOCCO[C@@H]1OC(CO)[C@H](O)C(O)[C@@H]1C)COCOCCO[C@@H]1OC(CO)[C@H](O)C(O)[C@@H]1C. The Kier molecular flexibility index (Phi) is 16.7. The summed E-state index contributed by atoms with van der Waals surface area (Å²) >= 11 is 0. The van der Waals surface area contributed by atoms with Gasteiger partial charge in [0.05, 0.1) is 78.3 Å². The smallest absolute Gasteiger partial charge is 0.163 e. The molecule has 0 aliphatic carbocycles. The van der Waals surface area contributed by atoms with E-state index in [9.17, 15) is 30.6 Å². The molecule has 0 amide bonds. The van der Waals surface area contributed by atoms with E-state index in [4.69, 9.17) is 37.9 Å². The summed E-state index contributed by atoms with van der Waals surface area (Å²) < 4.78 is 44.0. The van der Waals surface area contributed by atoms with Gasteiger partial charge >= 0.3 is 0 Å². The Morgan fingerprint density at radius 2 is 1.03 bits per heavy atom. The Morgan fingerprint density at radius 1 is 0.590 bits per heavy atom. The summed E-state index contributed by atoms with van der Waals surface area (Å²) in [5.41, 5.74) is 0. The molecule has 14 nitrogen and oxygen atoms in total. The Labute approximate surface area is 229 Å². The van der Waals surface area contributed by atoms with Gasteiger partial charge in [-0.1, -0.05) is 20.8 Å². The van der Waals surface area contributed by atoms with Crippen LogP contribution in [0.1, 0.15) is 20.8 Å². The summed E-state index contributed by atoms with van der Waals surface area (Å²) in [6, 6.07) is 0. The second-order valence-corrected chi connectivity index (χ2v) is 10.1. The average molecular weight is 573 g/mol. The molecule has 2 saturated heterocycles. The third-order valence-electron chi connectivity index (χ3n) is 6.74. The van der Waals surface area contributed by atoms with Crippen molar-refractivity contribution in [3.63, 3.8) is 0 Å². The summed E-state index contributed by atoms with van der Waals surface area (Å²) in [6.45, 7) is 7.30. The van der Waals surface area contributed by atoms with Crippen LogP contribution in [0.5, 0.6) is 0 Å². The fourth-order valence-electron chi connectivity index (χ4n) is 4.19. The van der Waals surface area contributed by atoms with Gasteiger partial charge in [-0.25, -0.2) is 0 Å². The van der Waals surface area contributed by atoms with Crippen LogP contribution in [0.15, 0.2) is 0 Å². The molecule has 0 radical (unpaired) electrons. The van der Waals surface area contributed by atoms with E-state index in [1.165, 1.54) is 0 Å². The van der Waals surface area contributed by atoms with Crippen molar-refractivity contribution in [1.29, 1.82) is 0 Å². The molecule has 0 aromatic carbocycles. The Hall–Kier alpha value is -0.560. The quantitative estimate of drug-likeness (QED) is 0.0723. The minimum atomic E-state index is -1.16. The molecule has 0 spiro atoms. The molecule has 11 atom stereocenters. The average Bonchev–Trinajstić information content (AvgIpc) is 2.93. The van der Waals surface area contributed by atoms with Crippen LogP contribution < -0.4 is 0 Å². The minimum Gasteiger partial charge on any atom is -0.394 e. The van der Waals surface area contributed by atoms with E-state index in [1.807, 2.05) is 6.92 Å². The van der Waals surface area contributed by atoms with Gasteiger partial charge in [-0.05, 0) is 0 Å². The molecule has 0 aromatic heterocycles. The second-order valence-electron chi connectivity index (χ2n) is 10.1. The van der Waals surface area contributed by atoms with E-state index in [-0.39, 0.29) is 32.5 Å². The molecule has 0 aromatic rings. The zero-order chi connectivity index (χ0) is 28.8. The first kappa shape index (κ1) is 34.6. The standard InChI is InChI=1S/C25H48O14/c1-15(13-35-14-34-7-9-37-25-17(3)21(29)23(31)19(11-27)39-25)12-33-5-4-32-6-8-36-24-16(2)20(28)22(30)18(10-26)38-24/h15-31H,4-14H2,1-3H3/t15?,16-,17-,18?,19?,20?,21?,22-,23-,24+,25+/m0/s1. The lowest BCUT2D eigenvalue weighted by Crippen LogP contribution is -2.55. The predicted molar refractivity (Wildman–Crippen MR) is 133 cm³/mol. The molecule has 2 aliphatic heterocycles. The maximum absolute atomic E-state index is 10.0. The molecule has 2 fully saturated rings. The van der Waals surface area contributed by atoms with Crippen LogP contribution in [0, 0.1) is 17.8 Å². The molecule has 2 rings (SSSR count). The number of ether oxygens (including phenoxy) is 8. The number of rotatable bonds is 19. The lowest BCUT2D eigenvalue weighted by Gasteiger charge is -2.40. The third-order valence-corrected chi connectivity index (χ3v) is 6.74. The fourth-order valence-corrected chi connectivity index (χ4v) is 4.19. The second kappa shape index (κ2) is 18.8. The van der Waals surface area contributed by atoms with Gasteiger partial charge in [-0.3, -0.25) is 0 Å². The van der Waals surface area contributed by atoms with Crippen molar-refractivity contribution in [3.05, 3.63) is 0 Å². The number of hydrogen-bond donors (Lipinski definition) is 6. The van der Waals surface area contributed by atoms with Crippen LogP contribution in [0.3, 0.4) is 0 Å². The Morgan fingerprint density at radius 3 is 1.54 bits per heavy atom. The van der Waals surface area contributed by atoms with E-state index in [0.29, 0.717) is 33.0 Å². The van der Waals surface area contributed by atoms with Crippen molar-refractivity contribution in [3.8, 4) is 0 Å². The van der Waals surface area contributed by atoms with Gasteiger partial charge in [0.2, 0.25) is 0 Å². The van der Waals surface area contributed by atoms with Crippen molar-refractivity contribution in [2.45, 2.75) is 70.0 Å². The molecule has 0 saturated carbocycles. The molecule has 5 unspecified atom stereocenters. The van der Waals surface area contributed by atoms with E-state index in [0.717, 1.165) is 0 Å². The van der Waals surface area contributed by atoms with Crippen molar-refractivity contribution in [1.82, 2.24) is 0 Å². The number of aliphatic hydroxyl groups is 6. The molecular weight excluding hydrogens is 524 g/mol. The fraction of sp³-hybridized carbons (Fsp3) is 1.00. The van der Waals surface area contributed by atoms with Crippen molar-refractivity contribution < 1.29 is 68.5 Å². The summed E-state index contributed by atoms with van der Waals surface area (Å²) in [5.74, 6) is -0.760. The monoisotopic (exact) mass is 572 g/mol. The van der Waals surface area contributed by atoms with Crippen LogP contribution in [0.4, 0.5) is 0 Å². The van der Waals surface area contributed by atoms with Gasteiger partial charge in [0.15, 0.2) is 12.6 Å². The van der Waals surface area contributed by atoms with Crippen molar-refractivity contribution in [2.24, 2.45) is 17.8 Å². The van der Waals surface area contributed by atoms with Crippen LogP contribution >= 0.6 is 0 Å². The molecule has 14 heteroatoms. The van der Waals surface area contributed by atoms with Gasteiger partial charge in [0.1, 0.15) is 31.2 Å². The number of hydrogen-bond acceptors (Lipinski definition) is 14. The molecule has 6 N–H and O–H groups in total. The first-order valence-electron chi connectivity index (χ1n) is 13.5. The highest BCUT2D eigenvalue weighted by Crippen LogP contribution is 2.27. The van der Waals surface area contributed by atoms with Crippen LogP contribution in [-0.4, -0.2) is 153 Å². The maximum Gasteiger partial charge on any atom is 0.163 e. The lowest BCUT2D eigenvalue weighted by atomic mass is 9.92. The highest BCUT2D eigenvalue weighted by molar-refractivity contribution is 4.87. The van der Waals surface area contributed by atoms with Crippen molar-refractivity contribution >= 4 is 0 Å². The molecule has 0 bridgehead atoms. The Balaban J connectivity index is 1.40. The number of aliphatic hydroxyl groups excluding tert-OH is 6. The van der Waals surface area contributed by atoms with E-state index in [2.05, 4.69) is 0 Å². The molecule has 232 valence electrons. The van der Waals surface area contributed by atoms with Gasteiger partial charge in [0.25, 0.3) is 0 Å². The minimum absolute atomic E-state index is 0.0802. The van der Waals surface area contributed by atoms with Gasteiger partial charge in [0, 0.05) is 17.8 Å². The van der Waals surface area contributed by atoms with Gasteiger partial charge < -0.3 is 68.5 Å². The summed E-state index contributed by atoms with van der Waals surface area (Å²) in [5, 5.41) is 58.3. The third kappa shape index (κ3) is 11.3. The largest absolute Gasteiger partial charge is 0.394 e. The highest BCUT2D eigenvalue weighted by atomic mass is 16.7. The van der Waals surface area contributed by atoms with Gasteiger partial charge in [-0.15, -0.1) is 0 Å². The van der Waals surface area contributed by atoms with E-state index in [1.54, 1.807) is 13.8 Å². The summed E-state index contributed by atoms with van der Waals surface area (Å²) in [6.07, 6.45) is -7.68.